The van der Waals surface area contributed by atoms with Gasteiger partial charge in [-0.05, 0) is 38.1 Å². The molecule has 0 aliphatic rings. The molecule has 1 aromatic carbocycles. The van der Waals surface area contributed by atoms with Gasteiger partial charge in [0.25, 0.3) is 5.69 Å². The monoisotopic (exact) mass is 301 g/mol. The van der Waals surface area contributed by atoms with Gasteiger partial charge in [-0.15, -0.1) is 0 Å². The normalized spacial score (nSPS) is 11.5. The van der Waals surface area contributed by atoms with Crippen LogP contribution in [0.25, 0.3) is 0 Å². The van der Waals surface area contributed by atoms with E-state index in [1.807, 2.05) is 6.92 Å². The van der Waals surface area contributed by atoms with Gasteiger partial charge in [0, 0.05) is 18.7 Å². The highest BCUT2D eigenvalue weighted by Gasteiger charge is 2.18. The maximum Gasteiger partial charge on any atom is 0.269 e. The second-order valence-electron chi connectivity index (χ2n) is 4.31. The Kier molecular flexibility index (Phi) is 6.05. The van der Waals surface area contributed by atoms with Gasteiger partial charge in [0.2, 0.25) is 10.0 Å². The average molecular weight is 301 g/mol. The molecule has 0 radical (unpaired) electrons. The van der Waals surface area contributed by atoms with E-state index in [0.29, 0.717) is 18.5 Å². The van der Waals surface area contributed by atoms with Crippen molar-refractivity contribution in [3.05, 3.63) is 33.9 Å². The molecule has 20 heavy (non-hydrogen) atoms. The van der Waals surface area contributed by atoms with Crippen molar-refractivity contribution in [3.8, 4) is 0 Å². The molecule has 112 valence electrons. The van der Waals surface area contributed by atoms with Crippen LogP contribution in [0.2, 0.25) is 0 Å². The minimum atomic E-state index is -3.62. The fourth-order valence-electron chi connectivity index (χ4n) is 1.72. The van der Waals surface area contributed by atoms with Crippen molar-refractivity contribution in [3.63, 3.8) is 0 Å². The van der Waals surface area contributed by atoms with E-state index in [4.69, 9.17) is 0 Å². The summed E-state index contributed by atoms with van der Waals surface area (Å²) in [6.45, 7) is 5.42. The van der Waals surface area contributed by atoms with Gasteiger partial charge in [0.05, 0.1) is 9.82 Å². The number of hydrogen-bond donors (Lipinski definition) is 2. The van der Waals surface area contributed by atoms with Crippen molar-refractivity contribution in [2.45, 2.75) is 25.2 Å². The summed E-state index contributed by atoms with van der Waals surface area (Å²) in [6, 6.07) is 3.72. The number of nitro groups is 1. The summed E-state index contributed by atoms with van der Waals surface area (Å²) in [6.07, 6.45) is 0.680. The first-order valence-electron chi connectivity index (χ1n) is 6.34. The van der Waals surface area contributed by atoms with Crippen LogP contribution in [0, 0.1) is 17.0 Å². The molecule has 0 atom stereocenters. The molecule has 2 N–H and O–H groups in total. The van der Waals surface area contributed by atoms with Gasteiger partial charge in [0.1, 0.15) is 0 Å². The first-order chi connectivity index (χ1) is 9.38. The van der Waals surface area contributed by atoms with E-state index in [1.54, 1.807) is 6.92 Å². The molecule has 0 unspecified atom stereocenters. The smallest absolute Gasteiger partial charge is 0.269 e. The molecule has 0 aliphatic heterocycles. The lowest BCUT2D eigenvalue weighted by atomic mass is 10.2. The SMILES string of the molecule is CCNCCCNS(=O)(=O)c1ccc([N+](=O)[O-])cc1C. The van der Waals surface area contributed by atoms with Crippen LogP contribution in [-0.4, -0.2) is 33.0 Å². The van der Waals surface area contributed by atoms with E-state index >= 15 is 0 Å². The lowest BCUT2D eigenvalue weighted by Crippen LogP contribution is -2.28. The predicted octanol–water partition coefficient (Wildman–Crippen LogP) is 1.18. The van der Waals surface area contributed by atoms with Crippen molar-refractivity contribution < 1.29 is 13.3 Å². The van der Waals surface area contributed by atoms with Crippen LogP contribution in [-0.2, 0) is 10.0 Å². The molecule has 0 fully saturated rings. The number of nitrogens with one attached hydrogen (secondary N) is 2. The highest BCUT2D eigenvalue weighted by Crippen LogP contribution is 2.20. The summed E-state index contributed by atoms with van der Waals surface area (Å²) in [5.41, 5.74) is 0.243. The fourth-order valence-corrected chi connectivity index (χ4v) is 3.02. The largest absolute Gasteiger partial charge is 0.317 e. The molecule has 0 aliphatic carbocycles. The van der Waals surface area contributed by atoms with Gasteiger partial charge in [-0.3, -0.25) is 10.1 Å². The van der Waals surface area contributed by atoms with E-state index in [2.05, 4.69) is 10.0 Å². The number of nitro benzene ring substituents is 1. The van der Waals surface area contributed by atoms with Gasteiger partial charge < -0.3 is 5.32 Å². The Morgan fingerprint density at radius 3 is 2.55 bits per heavy atom. The molecule has 0 amide bonds. The Morgan fingerprint density at radius 2 is 2.00 bits per heavy atom. The highest BCUT2D eigenvalue weighted by atomic mass is 32.2. The van der Waals surface area contributed by atoms with Crippen molar-refractivity contribution in [1.82, 2.24) is 10.0 Å². The molecule has 0 saturated heterocycles. The molecule has 1 aromatic rings. The van der Waals surface area contributed by atoms with Crippen LogP contribution in [0.5, 0.6) is 0 Å². The number of sulfonamides is 1. The van der Waals surface area contributed by atoms with Crippen LogP contribution in [0.3, 0.4) is 0 Å². The van der Waals surface area contributed by atoms with E-state index in [0.717, 1.165) is 13.1 Å². The zero-order valence-electron chi connectivity index (χ0n) is 11.5. The standard InChI is InChI=1S/C12H19N3O4S/c1-3-13-7-4-8-14-20(18,19)12-6-5-11(15(16)17)9-10(12)2/h5-6,9,13-14H,3-4,7-8H2,1-2H3. The Hall–Kier alpha value is -1.51. The van der Waals surface area contributed by atoms with Gasteiger partial charge in [-0.25, -0.2) is 13.1 Å². The van der Waals surface area contributed by atoms with Crippen molar-refractivity contribution >= 4 is 15.7 Å². The molecule has 8 heteroatoms. The van der Waals surface area contributed by atoms with Crippen molar-refractivity contribution in [1.29, 1.82) is 0 Å². The summed E-state index contributed by atoms with van der Waals surface area (Å²) in [7, 11) is -3.62. The van der Waals surface area contributed by atoms with Gasteiger partial charge in [-0.1, -0.05) is 6.92 Å². The van der Waals surface area contributed by atoms with E-state index in [-0.39, 0.29) is 10.6 Å². The molecule has 0 bridgehead atoms. The number of hydrogen-bond acceptors (Lipinski definition) is 5. The third kappa shape index (κ3) is 4.55. The average Bonchev–Trinajstić information content (AvgIpc) is 2.37. The van der Waals surface area contributed by atoms with Gasteiger partial charge in [0.15, 0.2) is 0 Å². The zero-order chi connectivity index (χ0) is 15.2. The number of nitrogens with zero attached hydrogens (tertiary/aromatic N) is 1. The Morgan fingerprint density at radius 1 is 1.30 bits per heavy atom. The Balaban J connectivity index is 2.75. The topological polar surface area (TPSA) is 101 Å². The second kappa shape index (κ2) is 7.32. The number of aryl methyl sites for hydroxylation is 1. The van der Waals surface area contributed by atoms with Crippen LogP contribution < -0.4 is 10.0 Å². The van der Waals surface area contributed by atoms with Crippen LogP contribution in [0.1, 0.15) is 18.9 Å². The van der Waals surface area contributed by atoms with E-state index in [9.17, 15) is 18.5 Å². The minimum Gasteiger partial charge on any atom is -0.317 e. The third-order valence-electron chi connectivity index (χ3n) is 2.73. The first-order valence-corrected chi connectivity index (χ1v) is 7.82. The highest BCUT2D eigenvalue weighted by molar-refractivity contribution is 7.89. The van der Waals surface area contributed by atoms with Crippen LogP contribution >= 0.6 is 0 Å². The molecule has 1 rings (SSSR count). The maximum atomic E-state index is 12.1. The van der Waals surface area contributed by atoms with Crippen LogP contribution in [0.4, 0.5) is 5.69 Å². The molecular formula is C12H19N3O4S. The summed E-state index contributed by atoms with van der Waals surface area (Å²) in [5, 5.41) is 13.7. The molecule has 0 heterocycles. The number of rotatable bonds is 8. The molecule has 7 nitrogen and oxygen atoms in total. The first kappa shape index (κ1) is 16.5. The van der Waals surface area contributed by atoms with E-state index in [1.165, 1.54) is 18.2 Å². The summed E-state index contributed by atoms with van der Waals surface area (Å²) >= 11 is 0. The molecule has 0 spiro atoms. The van der Waals surface area contributed by atoms with Gasteiger partial charge >= 0.3 is 0 Å². The molecular weight excluding hydrogens is 282 g/mol. The predicted molar refractivity (Wildman–Crippen MR) is 76.2 cm³/mol. The quantitative estimate of drug-likeness (QED) is 0.426. The Bertz CT molecular complexity index is 572. The van der Waals surface area contributed by atoms with Crippen molar-refractivity contribution in [2.75, 3.05) is 19.6 Å². The second-order valence-corrected chi connectivity index (χ2v) is 6.05. The summed E-state index contributed by atoms with van der Waals surface area (Å²) < 4.78 is 26.6. The zero-order valence-corrected chi connectivity index (χ0v) is 12.4. The van der Waals surface area contributed by atoms with E-state index < -0.39 is 14.9 Å². The third-order valence-corrected chi connectivity index (χ3v) is 4.35. The Labute approximate surface area is 118 Å². The number of benzene rings is 1. The summed E-state index contributed by atoms with van der Waals surface area (Å²) in [5.74, 6) is 0. The fraction of sp³-hybridized carbons (Fsp3) is 0.500. The number of non-ortho nitro benzene ring substituents is 1. The minimum absolute atomic E-state index is 0.0755. The molecule has 0 aromatic heterocycles. The van der Waals surface area contributed by atoms with Crippen molar-refractivity contribution in [2.24, 2.45) is 0 Å². The maximum absolute atomic E-state index is 12.1. The lowest BCUT2D eigenvalue weighted by molar-refractivity contribution is -0.385. The van der Waals surface area contributed by atoms with Crippen LogP contribution in [0.15, 0.2) is 23.1 Å². The molecule has 0 saturated carbocycles. The van der Waals surface area contributed by atoms with Gasteiger partial charge in [-0.2, -0.15) is 0 Å². The lowest BCUT2D eigenvalue weighted by Gasteiger charge is -2.09. The summed E-state index contributed by atoms with van der Waals surface area (Å²) in [4.78, 5) is 10.1.